The molecule has 1 saturated carbocycles. The van der Waals surface area contributed by atoms with Gasteiger partial charge in [0.05, 0.1) is 37.5 Å². The molecule has 0 spiro atoms. The molecule has 2 heterocycles. The van der Waals surface area contributed by atoms with Gasteiger partial charge in [0.2, 0.25) is 0 Å². The third-order valence-corrected chi connectivity index (χ3v) is 5.02. The molecule has 0 aromatic rings. The topological polar surface area (TPSA) is 59.0 Å². The first kappa shape index (κ1) is 14.9. The van der Waals surface area contributed by atoms with E-state index in [4.69, 9.17) is 9.47 Å². The number of amides is 1. The van der Waals surface area contributed by atoms with E-state index in [1.807, 2.05) is 11.8 Å². The minimum absolute atomic E-state index is 0.00553. The van der Waals surface area contributed by atoms with E-state index in [1.165, 1.54) is 0 Å². The molecule has 0 aromatic carbocycles. The standard InChI is InChI=1S/C16H25NO4/c1-11-12(5-3-8-21-11)16(19)17-7-9-20-10-14(17)13-4-2-6-15(13)18/h13-15,18H,2-10H2,1H3/t13-,14+,15+/m0/s1. The number of hydrogen-bond donors (Lipinski definition) is 1. The van der Waals surface area contributed by atoms with E-state index in [1.54, 1.807) is 0 Å². The molecule has 0 bridgehead atoms. The van der Waals surface area contributed by atoms with Crippen LogP contribution in [0.4, 0.5) is 0 Å². The fourth-order valence-corrected chi connectivity index (χ4v) is 3.82. The van der Waals surface area contributed by atoms with Crippen molar-refractivity contribution < 1.29 is 19.4 Å². The Morgan fingerprint density at radius 2 is 2.14 bits per heavy atom. The lowest BCUT2D eigenvalue weighted by atomic mass is 9.93. The first-order valence-corrected chi connectivity index (χ1v) is 8.08. The number of ether oxygens (including phenoxy) is 2. The molecule has 2 fully saturated rings. The number of allylic oxidation sites excluding steroid dienone is 1. The highest BCUT2D eigenvalue weighted by Gasteiger charge is 2.40. The summed E-state index contributed by atoms with van der Waals surface area (Å²) in [4.78, 5) is 14.8. The van der Waals surface area contributed by atoms with Crippen LogP contribution in [0.2, 0.25) is 0 Å². The molecule has 0 unspecified atom stereocenters. The summed E-state index contributed by atoms with van der Waals surface area (Å²) in [6, 6.07) is 0.00553. The molecule has 0 radical (unpaired) electrons. The number of carbonyl (C=O) groups is 1. The zero-order valence-corrected chi connectivity index (χ0v) is 12.7. The van der Waals surface area contributed by atoms with Gasteiger partial charge in [-0.2, -0.15) is 0 Å². The molecule has 3 aliphatic rings. The molecule has 3 atom stereocenters. The number of rotatable bonds is 2. The first-order chi connectivity index (χ1) is 10.2. The van der Waals surface area contributed by atoms with Crippen molar-refractivity contribution in [1.29, 1.82) is 0 Å². The molecule has 1 amide bonds. The van der Waals surface area contributed by atoms with Crippen molar-refractivity contribution in [3.63, 3.8) is 0 Å². The van der Waals surface area contributed by atoms with E-state index in [9.17, 15) is 9.90 Å². The zero-order chi connectivity index (χ0) is 14.8. The third kappa shape index (κ3) is 2.94. The summed E-state index contributed by atoms with van der Waals surface area (Å²) in [6.45, 7) is 4.32. The summed E-state index contributed by atoms with van der Waals surface area (Å²) in [5.74, 6) is 1.00. The molecule has 21 heavy (non-hydrogen) atoms. The van der Waals surface area contributed by atoms with E-state index >= 15 is 0 Å². The van der Waals surface area contributed by atoms with Gasteiger partial charge in [0.25, 0.3) is 5.91 Å². The van der Waals surface area contributed by atoms with Crippen LogP contribution in [0.5, 0.6) is 0 Å². The maximum absolute atomic E-state index is 12.9. The fraction of sp³-hybridized carbons (Fsp3) is 0.812. The maximum Gasteiger partial charge on any atom is 0.253 e. The van der Waals surface area contributed by atoms with E-state index in [2.05, 4.69) is 0 Å². The summed E-state index contributed by atoms with van der Waals surface area (Å²) in [5.41, 5.74) is 0.806. The summed E-state index contributed by atoms with van der Waals surface area (Å²) in [6.07, 6.45) is 4.25. The van der Waals surface area contributed by atoms with E-state index < -0.39 is 0 Å². The number of carbonyl (C=O) groups excluding carboxylic acids is 1. The molecule has 5 nitrogen and oxygen atoms in total. The molecule has 1 N–H and O–H groups in total. The van der Waals surface area contributed by atoms with Gasteiger partial charge in [0, 0.05) is 12.5 Å². The van der Waals surface area contributed by atoms with Gasteiger partial charge < -0.3 is 19.5 Å². The van der Waals surface area contributed by atoms with Gasteiger partial charge in [-0.05, 0) is 32.6 Å². The first-order valence-electron chi connectivity index (χ1n) is 8.08. The van der Waals surface area contributed by atoms with Gasteiger partial charge in [-0.25, -0.2) is 0 Å². The van der Waals surface area contributed by atoms with Crippen molar-refractivity contribution in [2.24, 2.45) is 5.92 Å². The highest BCUT2D eigenvalue weighted by atomic mass is 16.5. The summed E-state index contributed by atoms with van der Waals surface area (Å²) >= 11 is 0. The number of aliphatic hydroxyl groups is 1. The van der Waals surface area contributed by atoms with E-state index in [0.717, 1.165) is 43.4 Å². The van der Waals surface area contributed by atoms with E-state index in [0.29, 0.717) is 26.4 Å². The van der Waals surface area contributed by atoms with Crippen LogP contribution in [0.1, 0.15) is 39.0 Å². The minimum Gasteiger partial charge on any atom is -0.498 e. The zero-order valence-electron chi connectivity index (χ0n) is 12.7. The second-order valence-electron chi connectivity index (χ2n) is 6.29. The molecular formula is C16H25NO4. The van der Waals surface area contributed by atoms with Crippen molar-refractivity contribution in [3.05, 3.63) is 11.3 Å². The smallest absolute Gasteiger partial charge is 0.253 e. The van der Waals surface area contributed by atoms with Crippen LogP contribution < -0.4 is 0 Å². The Balaban J connectivity index is 1.79. The molecule has 0 aromatic heterocycles. The molecule has 1 aliphatic carbocycles. The summed E-state index contributed by atoms with van der Waals surface area (Å²) in [7, 11) is 0. The highest BCUT2D eigenvalue weighted by molar-refractivity contribution is 5.94. The lowest BCUT2D eigenvalue weighted by Gasteiger charge is -2.41. The predicted molar refractivity (Wildman–Crippen MR) is 77.6 cm³/mol. The summed E-state index contributed by atoms with van der Waals surface area (Å²) in [5, 5.41) is 10.2. The average Bonchev–Trinajstić information content (AvgIpc) is 2.93. The monoisotopic (exact) mass is 295 g/mol. The number of hydrogen-bond acceptors (Lipinski definition) is 4. The van der Waals surface area contributed by atoms with Crippen LogP contribution in [0.25, 0.3) is 0 Å². The quantitative estimate of drug-likeness (QED) is 0.838. The average molecular weight is 295 g/mol. The molecule has 2 aliphatic heterocycles. The Bertz CT molecular complexity index is 434. The second kappa shape index (κ2) is 6.36. The minimum atomic E-state index is -0.301. The van der Waals surface area contributed by atoms with Crippen LogP contribution >= 0.6 is 0 Å². The van der Waals surface area contributed by atoms with Crippen LogP contribution in [0.3, 0.4) is 0 Å². The van der Waals surface area contributed by atoms with Crippen LogP contribution in [0, 0.1) is 5.92 Å². The van der Waals surface area contributed by atoms with E-state index in [-0.39, 0.29) is 24.0 Å². The fourth-order valence-electron chi connectivity index (χ4n) is 3.82. The predicted octanol–water partition coefficient (Wildman–Crippen LogP) is 1.46. The number of nitrogens with zero attached hydrogens (tertiary/aromatic N) is 1. The van der Waals surface area contributed by atoms with Crippen molar-refractivity contribution in [1.82, 2.24) is 4.90 Å². The van der Waals surface area contributed by atoms with Crippen molar-refractivity contribution in [3.8, 4) is 0 Å². The number of aliphatic hydroxyl groups excluding tert-OH is 1. The van der Waals surface area contributed by atoms with Gasteiger partial charge in [0.1, 0.15) is 5.76 Å². The SMILES string of the molecule is CC1=C(C(=O)N2CCOC[C@@H]2[C@@H]2CCC[C@H]2O)CCCO1. The Hall–Kier alpha value is -1.07. The molecule has 118 valence electrons. The van der Waals surface area contributed by atoms with Gasteiger partial charge in [-0.15, -0.1) is 0 Å². The third-order valence-electron chi connectivity index (χ3n) is 5.02. The maximum atomic E-state index is 12.9. The Morgan fingerprint density at radius 3 is 2.86 bits per heavy atom. The summed E-state index contributed by atoms with van der Waals surface area (Å²) < 4.78 is 11.1. The van der Waals surface area contributed by atoms with Crippen molar-refractivity contribution >= 4 is 5.91 Å². The Kier molecular flexibility index (Phi) is 4.50. The van der Waals surface area contributed by atoms with Crippen LogP contribution in [-0.4, -0.2) is 54.4 Å². The highest BCUT2D eigenvalue weighted by Crippen LogP contribution is 2.33. The van der Waals surface area contributed by atoms with Crippen LogP contribution in [-0.2, 0) is 14.3 Å². The van der Waals surface area contributed by atoms with Crippen molar-refractivity contribution in [2.45, 2.75) is 51.2 Å². The lowest BCUT2D eigenvalue weighted by Crippen LogP contribution is -2.54. The van der Waals surface area contributed by atoms with Gasteiger partial charge in [-0.3, -0.25) is 4.79 Å². The molecule has 1 saturated heterocycles. The lowest BCUT2D eigenvalue weighted by molar-refractivity contribution is -0.140. The van der Waals surface area contributed by atoms with Gasteiger partial charge in [-0.1, -0.05) is 6.42 Å². The normalized spacial score (nSPS) is 34.0. The van der Waals surface area contributed by atoms with Gasteiger partial charge >= 0.3 is 0 Å². The number of morpholine rings is 1. The largest absolute Gasteiger partial charge is 0.498 e. The molecule has 3 rings (SSSR count). The van der Waals surface area contributed by atoms with Gasteiger partial charge in [0.15, 0.2) is 0 Å². The molecule has 5 heteroatoms. The Labute approximate surface area is 125 Å². The molecular weight excluding hydrogens is 270 g/mol. The van der Waals surface area contributed by atoms with Crippen LogP contribution in [0.15, 0.2) is 11.3 Å². The Morgan fingerprint density at radius 1 is 1.29 bits per heavy atom. The van der Waals surface area contributed by atoms with Crippen molar-refractivity contribution in [2.75, 3.05) is 26.4 Å². The second-order valence-corrected chi connectivity index (χ2v) is 6.29.